The van der Waals surface area contributed by atoms with Gasteiger partial charge >= 0.3 is 0 Å². The predicted octanol–water partition coefficient (Wildman–Crippen LogP) is 13.8. The summed E-state index contributed by atoms with van der Waals surface area (Å²) in [5.74, 6) is 0.0676. The molecule has 0 N–H and O–H groups in total. The third-order valence-electron chi connectivity index (χ3n) is 11.6. The average Bonchev–Trinajstić information content (AvgIpc) is 3.56. The minimum absolute atomic E-state index is 0.0676. The number of benzene rings is 7. The van der Waals surface area contributed by atoms with E-state index in [-0.39, 0.29) is 5.92 Å². The summed E-state index contributed by atoms with van der Waals surface area (Å²) in [6.07, 6.45) is 9.49. The monoisotopic (exact) mass is 696 g/mol. The second-order valence-electron chi connectivity index (χ2n) is 15.2. The molecule has 2 heterocycles. The maximum atomic E-state index is 6.46. The molecule has 2 aromatic heterocycles. The summed E-state index contributed by atoms with van der Waals surface area (Å²) in [4.78, 5) is 10.9. The van der Waals surface area contributed by atoms with E-state index in [9.17, 15) is 0 Å². The topological polar surface area (TPSA) is 38.9 Å². The Morgan fingerprint density at radius 2 is 1.22 bits per heavy atom. The van der Waals surface area contributed by atoms with E-state index >= 15 is 0 Å². The Morgan fingerprint density at radius 3 is 1.96 bits per heavy atom. The maximum absolute atomic E-state index is 6.46. The molecule has 0 spiro atoms. The molecule has 3 nitrogen and oxygen atoms in total. The molecule has 54 heavy (non-hydrogen) atoms. The van der Waals surface area contributed by atoms with Crippen LogP contribution in [0.2, 0.25) is 0 Å². The average molecular weight is 697 g/mol. The highest BCUT2D eigenvalue weighted by atomic mass is 16.3. The molecule has 0 saturated carbocycles. The van der Waals surface area contributed by atoms with Gasteiger partial charge in [0, 0.05) is 39.2 Å². The predicted molar refractivity (Wildman–Crippen MR) is 227 cm³/mol. The van der Waals surface area contributed by atoms with Crippen molar-refractivity contribution in [3.05, 3.63) is 173 Å². The number of aromatic nitrogens is 2. The molecule has 3 heteroatoms. The minimum Gasteiger partial charge on any atom is -0.455 e. The molecule has 0 fully saturated rings. The largest absolute Gasteiger partial charge is 0.455 e. The number of furan rings is 1. The van der Waals surface area contributed by atoms with Crippen molar-refractivity contribution in [3.8, 4) is 22.3 Å². The zero-order valence-corrected chi connectivity index (χ0v) is 31.3. The van der Waals surface area contributed by atoms with Crippen molar-refractivity contribution >= 4 is 60.1 Å². The summed E-state index contributed by atoms with van der Waals surface area (Å²) < 4.78 is 6.46. The van der Waals surface area contributed by atoms with Crippen molar-refractivity contribution in [2.24, 2.45) is 0 Å². The van der Waals surface area contributed by atoms with Gasteiger partial charge in [-0.2, -0.15) is 0 Å². The lowest BCUT2D eigenvalue weighted by atomic mass is 9.87. The van der Waals surface area contributed by atoms with Crippen LogP contribution in [0.1, 0.15) is 51.4 Å². The third-order valence-corrected chi connectivity index (χ3v) is 11.6. The highest BCUT2D eigenvalue weighted by Gasteiger charge is 2.22. The Hall–Kier alpha value is -6.32. The molecule has 0 saturated heterocycles. The molecule has 1 unspecified atom stereocenters. The second kappa shape index (κ2) is 12.4. The molecule has 1 atom stereocenters. The third kappa shape index (κ3) is 5.10. The Bertz CT molecular complexity index is 3040. The Balaban J connectivity index is 1.16. The first kappa shape index (κ1) is 32.3. The van der Waals surface area contributed by atoms with Crippen LogP contribution in [-0.4, -0.2) is 9.97 Å². The number of nitrogens with zero attached hydrogens (tertiary/aromatic N) is 2. The summed E-state index contributed by atoms with van der Waals surface area (Å²) in [5.41, 5.74) is 18.5. The van der Waals surface area contributed by atoms with Gasteiger partial charge in [-0.15, -0.1) is 0 Å². The molecular formula is C51H40N2O. The zero-order chi connectivity index (χ0) is 36.7. The van der Waals surface area contributed by atoms with Crippen LogP contribution in [0, 0.1) is 34.6 Å². The molecule has 10 rings (SSSR count). The first-order valence-electron chi connectivity index (χ1n) is 18.9. The fourth-order valence-electron chi connectivity index (χ4n) is 9.21. The van der Waals surface area contributed by atoms with E-state index in [4.69, 9.17) is 14.4 Å². The van der Waals surface area contributed by atoms with Crippen LogP contribution in [0.4, 0.5) is 0 Å². The van der Waals surface area contributed by atoms with Crippen LogP contribution in [-0.2, 0) is 0 Å². The molecule has 260 valence electrons. The molecule has 1 aliphatic carbocycles. The smallest absolute Gasteiger partial charge is 0.142 e. The highest BCUT2D eigenvalue weighted by molar-refractivity contribution is 6.24. The van der Waals surface area contributed by atoms with E-state index in [1.165, 1.54) is 66.4 Å². The fraction of sp³-hybridized carbons (Fsp3) is 0.137. The van der Waals surface area contributed by atoms with E-state index < -0.39 is 0 Å². The normalized spacial score (nSPS) is 14.5. The molecule has 0 amide bonds. The first-order chi connectivity index (χ1) is 26.3. The van der Waals surface area contributed by atoms with Gasteiger partial charge in [0.2, 0.25) is 0 Å². The Kier molecular flexibility index (Phi) is 7.42. The molecule has 0 bridgehead atoms. The fourth-order valence-corrected chi connectivity index (χ4v) is 9.21. The van der Waals surface area contributed by atoms with E-state index in [1.807, 2.05) is 18.3 Å². The van der Waals surface area contributed by atoms with Crippen molar-refractivity contribution in [1.82, 2.24) is 9.97 Å². The number of hydrogen-bond donors (Lipinski definition) is 0. The van der Waals surface area contributed by atoms with Crippen molar-refractivity contribution < 1.29 is 4.42 Å². The lowest BCUT2D eigenvalue weighted by molar-refractivity contribution is 0.667. The van der Waals surface area contributed by atoms with Gasteiger partial charge in [0.05, 0.1) is 16.7 Å². The number of allylic oxidation sites excluding steroid dienone is 4. The lowest BCUT2D eigenvalue weighted by Crippen LogP contribution is -2.05. The van der Waals surface area contributed by atoms with E-state index in [0.29, 0.717) is 0 Å². The summed E-state index contributed by atoms with van der Waals surface area (Å²) in [5, 5.41) is 6.94. The molecule has 1 aliphatic rings. The van der Waals surface area contributed by atoms with Gasteiger partial charge in [0.1, 0.15) is 11.2 Å². The highest BCUT2D eigenvalue weighted by Crippen LogP contribution is 2.42. The standard InChI is InChI=1S/C51H40N2O/c1-29-23-32(4)48(33(5)24-29)37-20-22-40-39-21-19-36(47-30(2)11-8-12-31(47)3)26-43(39)49-50(44(40)27-37)53-45(28-52-49)35-14-9-13-34(25-35)38-16-10-17-42-41-15-6-7-18-46(41)54-51(38)42/h6-24,26-28,35H,25H2,1-5H3. The van der Waals surface area contributed by atoms with Crippen LogP contribution < -0.4 is 0 Å². The lowest BCUT2D eigenvalue weighted by Gasteiger charge is -2.20. The van der Waals surface area contributed by atoms with Gasteiger partial charge in [-0.3, -0.25) is 4.98 Å². The van der Waals surface area contributed by atoms with Crippen LogP contribution in [0.25, 0.3) is 82.3 Å². The van der Waals surface area contributed by atoms with Crippen LogP contribution in [0.5, 0.6) is 0 Å². The van der Waals surface area contributed by atoms with Gasteiger partial charge in [-0.1, -0.05) is 115 Å². The molecular weight excluding hydrogens is 657 g/mol. The van der Waals surface area contributed by atoms with Crippen molar-refractivity contribution in [2.45, 2.75) is 47.0 Å². The van der Waals surface area contributed by atoms with Crippen molar-refractivity contribution in [2.75, 3.05) is 0 Å². The van der Waals surface area contributed by atoms with Gasteiger partial charge in [-0.25, -0.2) is 4.98 Å². The quantitative estimate of drug-likeness (QED) is 0.172. The van der Waals surface area contributed by atoms with E-state index in [1.54, 1.807) is 0 Å². The number of aryl methyl sites for hydroxylation is 5. The van der Waals surface area contributed by atoms with Crippen LogP contribution in [0.15, 0.2) is 138 Å². The molecule has 0 radical (unpaired) electrons. The summed E-state index contributed by atoms with van der Waals surface area (Å²) in [6.45, 7) is 11.0. The summed E-state index contributed by atoms with van der Waals surface area (Å²) in [6, 6.07) is 39.7. The minimum atomic E-state index is 0.0676. The number of fused-ring (bicyclic) bond motifs is 9. The summed E-state index contributed by atoms with van der Waals surface area (Å²) in [7, 11) is 0. The SMILES string of the molecule is Cc1cc(C)c(-c2ccc3c4ccc(-c5c(C)cccc5C)cc4c4ncc(C5C=CC=C(c6cccc7c6oc6ccccc67)C5)nc4c3c2)c(C)c1. The van der Waals surface area contributed by atoms with E-state index in [0.717, 1.165) is 61.4 Å². The second-order valence-corrected chi connectivity index (χ2v) is 15.2. The van der Waals surface area contributed by atoms with Gasteiger partial charge in [0.15, 0.2) is 0 Å². The van der Waals surface area contributed by atoms with Gasteiger partial charge in [0.25, 0.3) is 0 Å². The number of rotatable bonds is 4. The van der Waals surface area contributed by atoms with Crippen molar-refractivity contribution in [3.63, 3.8) is 0 Å². The maximum Gasteiger partial charge on any atom is 0.142 e. The van der Waals surface area contributed by atoms with Gasteiger partial charge < -0.3 is 4.42 Å². The van der Waals surface area contributed by atoms with Crippen molar-refractivity contribution in [1.29, 1.82) is 0 Å². The number of para-hydroxylation sites is 2. The first-order valence-corrected chi connectivity index (χ1v) is 18.9. The molecule has 7 aromatic carbocycles. The Morgan fingerprint density at radius 1 is 0.574 bits per heavy atom. The zero-order valence-electron chi connectivity index (χ0n) is 31.3. The van der Waals surface area contributed by atoms with E-state index in [2.05, 4.69) is 150 Å². The Labute approximate surface area is 315 Å². The molecule has 0 aliphatic heterocycles. The van der Waals surface area contributed by atoms with Crippen LogP contribution >= 0.6 is 0 Å². The number of hydrogen-bond acceptors (Lipinski definition) is 3. The van der Waals surface area contributed by atoms with Crippen LogP contribution in [0.3, 0.4) is 0 Å². The molecule has 9 aromatic rings. The van der Waals surface area contributed by atoms with Gasteiger partial charge in [-0.05, 0) is 120 Å². The summed E-state index contributed by atoms with van der Waals surface area (Å²) >= 11 is 0.